The third-order valence-electron chi connectivity index (χ3n) is 4.14. The van der Waals surface area contributed by atoms with Gasteiger partial charge in [0.25, 0.3) is 0 Å². The highest BCUT2D eigenvalue weighted by Gasteiger charge is 2.49. The van der Waals surface area contributed by atoms with Crippen LogP contribution in [-0.4, -0.2) is 44.4 Å². The molecule has 7 nitrogen and oxygen atoms in total. The summed E-state index contributed by atoms with van der Waals surface area (Å²) in [5, 5.41) is 0. The van der Waals surface area contributed by atoms with E-state index < -0.39 is 36.3 Å². The molecule has 28 heavy (non-hydrogen) atoms. The molecule has 1 fully saturated rings. The largest absolute Gasteiger partial charge is 0.512 e. The molecule has 13 heteroatoms. The average molecular weight is 463 g/mol. The number of carbonyl (C=O) groups excluding carboxylic acids is 1. The highest BCUT2D eigenvalue weighted by atomic mass is 32.3. The third-order valence-corrected chi connectivity index (χ3v) is 10.0. The van der Waals surface area contributed by atoms with Crippen molar-refractivity contribution < 1.29 is 39.0 Å². The maximum atomic E-state index is 12.8. The summed E-state index contributed by atoms with van der Waals surface area (Å²) >= 11 is 0. The molecule has 0 bridgehead atoms. The fourth-order valence-corrected chi connectivity index (χ4v) is 7.29. The number of nitrogens with one attached hydrogen (secondary N) is 1. The van der Waals surface area contributed by atoms with Gasteiger partial charge < -0.3 is 4.18 Å². The molecule has 0 radical (unpaired) electrons. The molecule has 0 amide bonds. The first kappa shape index (κ1) is 23.0. The van der Waals surface area contributed by atoms with Crippen molar-refractivity contribution in [2.24, 2.45) is 0 Å². The molecule has 1 aliphatic rings. The minimum Gasteiger partial charge on any atom is -0.370 e. The Morgan fingerprint density at radius 2 is 1.54 bits per heavy atom. The molecular formula is C15H19F3NO6S3+. The summed E-state index contributed by atoms with van der Waals surface area (Å²) in [5.41, 5.74) is -5.52. The molecule has 0 saturated carbocycles. The highest BCUT2D eigenvalue weighted by Crippen LogP contribution is 2.31. The van der Waals surface area contributed by atoms with E-state index in [-0.39, 0.29) is 16.7 Å². The van der Waals surface area contributed by atoms with Gasteiger partial charge in [0.05, 0.1) is 0 Å². The van der Waals surface area contributed by atoms with E-state index >= 15 is 0 Å². The van der Waals surface area contributed by atoms with Crippen molar-refractivity contribution in [3.8, 4) is 5.75 Å². The molecule has 0 aliphatic carbocycles. The summed E-state index contributed by atoms with van der Waals surface area (Å²) in [5.74, 6) is 1.36. The number of Topliss-reactive ketones (excluding diaryl/α,β-unsaturated/α-hetero) is 1. The van der Waals surface area contributed by atoms with Crippen LogP contribution in [0.15, 0.2) is 24.3 Å². The maximum absolute atomic E-state index is 12.8. The van der Waals surface area contributed by atoms with Gasteiger partial charge in [0.2, 0.25) is 5.78 Å². The Morgan fingerprint density at radius 1 is 1.04 bits per heavy atom. The van der Waals surface area contributed by atoms with Crippen LogP contribution in [0, 0.1) is 0 Å². The number of rotatable bonds is 7. The topological polar surface area (TPSA) is 107 Å². The summed E-state index contributed by atoms with van der Waals surface area (Å²) in [6.45, 7) is 3.70. The second kappa shape index (κ2) is 7.84. The van der Waals surface area contributed by atoms with Crippen LogP contribution in [0.3, 0.4) is 0 Å². The predicted molar refractivity (Wildman–Crippen MR) is 98.8 cm³/mol. The molecule has 1 saturated heterocycles. The monoisotopic (exact) mass is 462 g/mol. The second-order valence-corrected chi connectivity index (χ2v) is 12.6. The first-order chi connectivity index (χ1) is 12.7. The normalized spacial score (nSPS) is 16.9. The zero-order valence-corrected chi connectivity index (χ0v) is 17.4. The molecule has 158 valence electrons. The Morgan fingerprint density at radius 3 is 2.00 bits per heavy atom. The van der Waals surface area contributed by atoms with E-state index in [1.165, 1.54) is 12.1 Å². The molecule has 1 heterocycles. The van der Waals surface area contributed by atoms with Gasteiger partial charge in [0, 0.05) is 16.5 Å². The van der Waals surface area contributed by atoms with Crippen molar-refractivity contribution in [2.45, 2.75) is 36.9 Å². The average Bonchev–Trinajstić information content (AvgIpc) is 3.07. The molecule has 1 aromatic rings. The first-order valence-corrected chi connectivity index (χ1v) is 12.5. The number of ketones is 1. The van der Waals surface area contributed by atoms with Gasteiger partial charge in [-0.05, 0) is 51.0 Å². The molecular weight excluding hydrogens is 443 g/mol. The Balaban J connectivity index is 2.13. The lowest BCUT2D eigenvalue weighted by molar-refractivity contribution is -0.0442. The Labute approximate surface area is 164 Å². The summed E-state index contributed by atoms with van der Waals surface area (Å²) in [7, 11) is -11.5. The van der Waals surface area contributed by atoms with E-state index in [1.54, 1.807) is 0 Å². The molecule has 0 spiro atoms. The van der Waals surface area contributed by atoms with Gasteiger partial charge in [-0.1, -0.05) is 4.13 Å². The molecule has 1 aliphatic heterocycles. The Hall–Kier alpha value is -1.31. The SMILES string of the molecule is CC(C)(C(=O)c1ccc(OS(=O)(=O)NS(=O)(=O)C(F)(F)F)cc1)[S+]1CCCC1. The van der Waals surface area contributed by atoms with E-state index in [0.717, 1.165) is 36.5 Å². The number of sulfonamides is 1. The van der Waals surface area contributed by atoms with Gasteiger partial charge in [-0.2, -0.15) is 21.6 Å². The molecule has 2 rings (SSSR count). The van der Waals surface area contributed by atoms with E-state index in [1.807, 2.05) is 13.8 Å². The van der Waals surface area contributed by atoms with Crippen LogP contribution in [0.1, 0.15) is 37.0 Å². The van der Waals surface area contributed by atoms with Gasteiger partial charge in [0.15, 0.2) is 4.75 Å². The van der Waals surface area contributed by atoms with E-state index in [9.17, 15) is 34.8 Å². The molecule has 0 atom stereocenters. The van der Waals surface area contributed by atoms with Crippen molar-refractivity contribution >= 4 is 37.0 Å². The van der Waals surface area contributed by atoms with Gasteiger partial charge in [0.1, 0.15) is 17.3 Å². The van der Waals surface area contributed by atoms with Crippen LogP contribution in [0.5, 0.6) is 5.75 Å². The summed E-state index contributed by atoms with van der Waals surface area (Å²) in [6.07, 6.45) is 2.14. The minimum absolute atomic E-state index is 0.0693. The van der Waals surface area contributed by atoms with Crippen LogP contribution in [-0.2, 0) is 31.2 Å². The molecule has 1 N–H and O–H groups in total. The van der Waals surface area contributed by atoms with Gasteiger partial charge >= 0.3 is 25.8 Å². The van der Waals surface area contributed by atoms with E-state index in [0.29, 0.717) is 9.69 Å². The number of halogens is 3. The summed E-state index contributed by atoms with van der Waals surface area (Å²) in [4.78, 5) is 12.8. The summed E-state index contributed by atoms with van der Waals surface area (Å²) < 4.78 is 85.9. The van der Waals surface area contributed by atoms with E-state index in [2.05, 4.69) is 4.18 Å². The lowest BCUT2D eigenvalue weighted by Gasteiger charge is -2.21. The molecule has 0 aromatic heterocycles. The number of hydrogen-bond donors (Lipinski definition) is 1. The van der Waals surface area contributed by atoms with Gasteiger partial charge in [-0.3, -0.25) is 4.79 Å². The van der Waals surface area contributed by atoms with Crippen LogP contribution < -0.4 is 8.31 Å². The zero-order valence-electron chi connectivity index (χ0n) is 14.9. The lowest BCUT2D eigenvalue weighted by Crippen LogP contribution is -2.42. The van der Waals surface area contributed by atoms with Crippen molar-refractivity contribution in [1.82, 2.24) is 4.13 Å². The van der Waals surface area contributed by atoms with Crippen LogP contribution in [0.2, 0.25) is 0 Å². The number of carbonyl (C=O) groups is 1. The lowest BCUT2D eigenvalue weighted by atomic mass is 10.0. The van der Waals surface area contributed by atoms with Crippen molar-refractivity contribution in [3.63, 3.8) is 0 Å². The molecule has 0 unspecified atom stereocenters. The Bertz CT molecular complexity index is 934. The van der Waals surface area contributed by atoms with Crippen molar-refractivity contribution in [3.05, 3.63) is 29.8 Å². The number of alkyl halides is 3. The van der Waals surface area contributed by atoms with Gasteiger partial charge in [-0.15, -0.1) is 0 Å². The van der Waals surface area contributed by atoms with E-state index in [4.69, 9.17) is 0 Å². The van der Waals surface area contributed by atoms with Crippen molar-refractivity contribution in [1.29, 1.82) is 0 Å². The predicted octanol–water partition coefficient (Wildman–Crippen LogP) is 2.12. The smallest absolute Gasteiger partial charge is 0.370 e. The third kappa shape index (κ3) is 5.19. The van der Waals surface area contributed by atoms with Crippen LogP contribution >= 0.6 is 0 Å². The maximum Gasteiger partial charge on any atom is 0.512 e. The molecule has 1 aromatic carbocycles. The summed E-state index contributed by atoms with van der Waals surface area (Å²) in [6, 6.07) is 4.71. The fraction of sp³-hybridized carbons (Fsp3) is 0.533. The quantitative estimate of drug-likeness (QED) is 0.491. The van der Waals surface area contributed by atoms with Crippen LogP contribution in [0.25, 0.3) is 0 Å². The Kier molecular flexibility index (Phi) is 6.43. The number of benzene rings is 1. The second-order valence-electron chi connectivity index (χ2n) is 6.54. The minimum atomic E-state index is -6.14. The fourth-order valence-electron chi connectivity index (χ4n) is 2.63. The van der Waals surface area contributed by atoms with Crippen molar-refractivity contribution in [2.75, 3.05) is 11.5 Å². The first-order valence-electron chi connectivity index (χ1n) is 8.02. The van der Waals surface area contributed by atoms with Crippen LogP contribution in [0.4, 0.5) is 13.2 Å². The highest BCUT2D eigenvalue weighted by molar-refractivity contribution is 8.03. The van der Waals surface area contributed by atoms with Gasteiger partial charge in [-0.25, -0.2) is 8.42 Å². The number of hydrogen-bond acceptors (Lipinski definition) is 6. The zero-order chi connectivity index (χ0) is 21.4. The standard InChI is InChI=1S/C15H19F3NO6S3/c1-14(2,26-9-3-4-10-26)13(20)11-5-7-12(8-6-11)25-28(23,24)19-27(21,22)15(16,17)18/h5-8,19H,3-4,9-10H2,1-2H3/q+1.